The first kappa shape index (κ1) is 15.2. The van der Waals surface area contributed by atoms with E-state index in [0.717, 1.165) is 31.2 Å². The first-order valence-corrected chi connectivity index (χ1v) is 7.59. The Hall–Kier alpha value is -1.75. The molecule has 2 aromatic rings. The molecule has 1 aromatic heterocycles. The number of fused-ring (bicyclic) bond motifs is 1. The number of halogens is 2. The second kappa shape index (κ2) is 5.47. The molecule has 1 atom stereocenters. The number of imidazole rings is 1. The molecule has 0 saturated heterocycles. The summed E-state index contributed by atoms with van der Waals surface area (Å²) in [6.45, 7) is 3.93. The van der Waals surface area contributed by atoms with Gasteiger partial charge in [0.15, 0.2) is 11.6 Å². The Bertz CT molecular complexity index is 688. The van der Waals surface area contributed by atoms with Crippen LogP contribution in [0.4, 0.5) is 8.78 Å². The zero-order valence-electron chi connectivity index (χ0n) is 12.8. The van der Waals surface area contributed by atoms with Crippen molar-refractivity contribution in [2.45, 2.75) is 51.2 Å². The molecular weight excluding hydrogens is 286 g/mol. The number of benzene rings is 1. The molecular formula is C17H20F2N2O. The van der Waals surface area contributed by atoms with Gasteiger partial charge in [0.1, 0.15) is 11.4 Å². The second-order valence-corrected chi connectivity index (χ2v) is 6.46. The Balaban J connectivity index is 2.01. The Morgan fingerprint density at radius 3 is 2.82 bits per heavy atom. The molecule has 1 N–H and O–H groups in total. The summed E-state index contributed by atoms with van der Waals surface area (Å²) in [6.07, 6.45) is 4.10. The van der Waals surface area contributed by atoms with Gasteiger partial charge in [-0.1, -0.05) is 12.1 Å². The van der Waals surface area contributed by atoms with E-state index in [0.29, 0.717) is 17.8 Å². The van der Waals surface area contributed by atoms with Crippen molar-refractivity contribution in [3.05, 3.63) is 53.1 Å². The summed E-state index contributed by atoms with van der Waals surface area (Å²) >= 11 is 0. The van der Waals surface area contributed by atoms with Crippen molar-refractivity contribution in [1.29, 1.82) is 0 Å². The standard InChI is InChI=1S/C17H20F2N2O/c1-17(2,22)14-9-20-15-8-3-5-11(10-21(14)15)12-6-4-7-13(18)16(12)19/h4,6-7,9,11,22H,3,5,8,10H2,1-2H3/t11-/m1/s1. The van der Waals surface area contributed by atoms with Crippen LogP contribution >= 0.6 is 0 Å². The van der Waals surface area contributed by atoms with Crippen molar-refractivity contribution >= 4 is 0 Å². The molecule has 0 amide bonds. The lowest BCUT2D eigenvalue weighted by molar-refractivity contribution is 0.0691. The van der Waals surface area contributed by atoms with Gasteiger partial charge in [-0.3, -0.25) is 0 Å². The van der Waals surface area contributed by atoms with Crippen LogP contribution in [0.3, 0.4) is 0 Å². The van der Waals surface area contributed by atoms with Crippen LogP contribution in [0.1, 0.15) is 49.7 Å². The molecule has 3 rings (SSSR count). The van der Waals surface area contributed by atoms with E-state index in [4.69, 9.17) is 0 Å². The van der Waals surface area contributed by atoms with Gasteiger partial charge in [0, 0.05) is 18.9 Å². The number of aromatic nitrogens is 2. The number of hydrogen-bond acceptors (Lipinski definition) is 2. The Morgan fingerprint density at radius 1 is 1.32 bits per heavy atom. The Labute approximate surface area is 128 Å². The fourth-order valence-corrected chi connectivity index (χ4v) is 3.21. The number of nitrogens with zero attached hydrogens (tertiary/aromatic N) is 2. The monoisotopic (exact) mass is 306 g/mol. The molecule has 2 heterocycles. The summed E-state index contributed by atoms with van der Waals surface area (Å²) in [6, 6.07) is 4.33. The summed E-state index contributed by atoms with van der Waals surface area (Å²) in [5.41, 5.74) is 0.107. The quantitative estimate of drug-likeness (QED) is 0.922. The minimum absolute atomic E-state index is 0.118. The molecule has 0 radical (unpaired) electrons. The fourth-order valence-electron chi connectivity index (χ4n) is 3.21. The maximum atomic E-state index is 14.1. The van der Waals surface area contributed by atoms with Gasteiger partial charge in [-0.2, -0.15) is 0 Å². The number of hydrogen-bond donors (Lipinski definition) is 1. The van der Waals surface area contributed by atoms with Gasteiger partial charge < -0.3 is 9.67 Å². The lowest BCUT2D eigenvalue weighted by Gasteiger charge is -2.23. The highest BCUT2D eigenvalue weighted by Crippen LogP contribution is 2.33. The molecule has 0 unspecified atom stereocenters. The van der Waals surface area contributed by atoms with Gasteiger partial charge in [0.05, 0.1) is 11.9 Å². The highest BCUT2D eigenvalue weighted by molar-refractivity contribution is 5.24. The number of rotatable bonds is 2. The average molecular weight is 306 g/mol. The molecule has 3 nitrogen and oxygen atoms in total. The lowest BCUT2D eigenvalue weighted by atomic mass is 9.93. The third-order valence-electron chi connectivity index (χ3n) is 4.34. The van der Waals surface area contributed by atoms with Crippen LogP contribution in [0.25, 0.3) is 0 Å². The highest BCUT2D eigenvalue weighted by atomic mass is 19.2. The van der Waals surface area contributed by atoms with Crippen LogP contribution < -0.4 is 0 Å². The van der Waals surface area contributed by atoms with Crippen molar-refractivity contribution < 1.29 is 13.9 Å². The van der Waals surface area contributed by atoms with E-state index in [1.54, 1.807) is 32.2 Å². The molecule has 1 aromatic carbocycles. The largest absolute Gasteiger partial charge is 0.384 e. The zero-order chi connectivity index (χ0) is 15.9. The number of aryl methyl sites for hydroxylation is 1. The zero-order valence-corrected chi connectivity index (χ0v) is 12.8. The predicted octanol–water partition coefficient (Wildman–Crippen LogP) is 3.51. The van der Waals surface area contributed by atoms with Crippen molar-refractivity contribution in [1.82, 2.24) is 9.55 Å². The van der Waals surface area contributed by atoms with E-state index < -0.39 is 17.2 Å². The molecule has 0 fully saturated rings. The molecule has 0 spiro atoms. The average Bonchev–Trinajstić information content (AvgIpc) is 2.73. The van der Waals surface area contributed by atoms with E-state index in [-0.39, 0.29) is 5.92 Å². The Morgan fingerprint density at radius 2 is 2.09 bits per heavy atom. The second-order valence-electron chi connectivity index (χ2n) is 6.46. The number of aliphatic hydroxyl groups is 1. The van der Waals surface area contributed by atoms with Gasteiger partial charge in [-0.25, -0.2) is 13.8 Å². The summed E-state index contributed by atoms with van der Waals surface area (Å²) in [5, 5.41) is 10.3. The third-order valence-corrected chi connectivity index (χ3v) is 4.34. The summed E-state index contributed by atoms with van der Waals surface area (Å²) in [7, 11) is 0. The van der Waals surface area contributed by atoms with Crippen LogP contribution in [0, 0.1) is 11.6 Å². The molecule has 0 bridgehead atoms. The smallest absolute Gasteiger partial charge is 0.162 e. The molecule has 0 saturated carbocycles. The van der Waals surface area contributed by atoms with Gasteiger partial charge >= 0.3 is 0 Å². The molecule has 5 heteroatoms. The molecule has 1 aliphatic rings. The van der Waals surface area contributed by atoms with E-state index in [2.05, 4.69) is 4.98 Å². The van der Waals surface area contributed by atoms with Crippen LogP contribution in [0.2, 0.25) is 0 Å². The first-order chi connectivity index (χ1) is 10.4. The summed E-state index contributed by atoms with van der Waals surface area (Å²) in [4.78, 5) is 4.39. The minimum Gasteiger partial charge on any atom is -0.384 e. The van der Waals surface area contributed by atoms with Crippen LogP contribution in [-0.2, 0) is 18.6 Å². The maximum Gasteiger partial charge on any atom is 0.162 e. The summed E-state index contributed by atoms with van der Waals surface area (Å²) in [5.74, 6) is -0.792. The molecule has 0 aliphatic carbocycles. The topological polar surface area (TPSA) is 38.1 Å². The van der Waals surface area contributed by atoms with Crippen LogP contribution in [0.15, 0.2) is 24.4 Å². The minimum atomic E-state index is -1.01. The van der Waals surface area contributed by atoms with Gasteiger partial charge in [0.25, 0.3) is 0 Å². The van der Waals surface area contributed by atoms with Gasteiger partial charge in [-0.05, 0) is 38.3 Å². The molecule has 22 heavy (non-hydrogen) atoms. The SMILES string of the molecule is CC(C)(O)c1cnc2n1C[C@H](c1cccc(F)c1F)CCC2. The lowest BCUT2D eigenvalue weighted by Crippen LogP contribution is -2.23. The highest BCUT2D eigenvalue weighted by Gasteiger charge is 2.28. The van der Waals surface area contributed by atoms with Gasteiger partial charge in [-0.15, -0.1) is 0 Å². The van der Waals surface area contributed by atoms with Crippen molar-refractivity contribution in [2.24, 2.45) is 0 Å². The van der Waals surface area contributed by atoms with Crippen molar-refractivity contribution in [2.75, 3.05) is 0 Å². The third kappa shape index (κ3) is 2.65. The van der Waals surface area contributed by atoms with E-state index in [1.165, 1.54) is 0 Å². The normalized spacial score (nSPS) is 18.9. The van der Waals surface area contributed by atoms with Gasteiger partial charge in [0.2, 0.25) is 0 Å². The van der Waals surface area contributed by atoms with Crippen LogP contribution in [-0.4, -0.2) is 14.7 Å². The predicted molar refractivity (Wildman–Crippen MR) is 79.5 cm³/mol. The molecule has 118 valence electrons. The fraction of sp³-hybridized carbons (Fsp3) is 0.471. The van der Waals surface area contributed by atoms with Crippen LogP contribution in [0.5, 0.6) is 0 Å². The van der Waals surface area contributed by atoms with Crippen molar-refractivity contribution in [3.8, 4) is 0 Å². The van der Waals surface area contributed by atoms with E-state index in [9.17, 15) is 13.9 Å². The maximum absolute atomic E-state index is 14.1. The first-order valence-electron chi connectivity index (χ1n) is 7.59. The van der Waals surface area contributed by atoms with E-state index in [1.807, 2.05) is 4.57 Å². The van der Waals surface area contributed by atoms with Crippen molar-refractivity contribution in [3.63, 3.8) is 0 Å². The van der Waals surface area contributed by atoms with E-state index >= 15 is 0 Å². The summed E-state index contributed by atoms with van der Waals surface area (Å²) < 4.78 is 29.6. The molecule has 1 aliphatic heterocycles. The Kier molecular flexibility index (Phi) is 3.77.